The molecule has 0 fully saturated rings. The number of rotatable bonds is 5. The third kappa shape index (κ3) is 10.7. The first-order valence-electron chi connectivity index (χ1n) is 4.81. The minimum absolute atomic E-state index is 0.927. The van der Waals surface area contributed by atoms with Crippen LogP contribution in [0.25, 0.3) is 0 Å². The van der Waals surface area contributed by atoms with Crippen LogP contribution in [0.1, 0.15) is 45.4 Å². The van der Waals surface area contributed by atoms with Gasteiger partial charge in [0.1, 0.15) is 0 Å². The van der Waals surface area contributed by atoms with Gasteiger partial charge in [0.25, 0.3) is 0 Å². The van der Waals surface area contributed by atoms with E-state index in [1.807, 2.05) is 5.92 Å². The monoisotopic (exact) mass is 171 g/mol. The Bertz CT molecular complexity index is 256. The predicted molar refractivity (Wildman–Crippen MR) is 56.1 cm³/mol. The van der Waals surface area contributed by atoms with E-state index in [0.29, 0.717) is 0 Å². The van der Waals surface area contributed by atoms with Crippen molar-refractivity contribution in [3.63, 3.8) is 0 Å². The highest BCUT2D eigenvalue weighted by molar-refractivity contribution is 5.32. The second kappa shape index (κ2) is 10.7. The van der Waals surface area contributed by atoms with Crippen molar-refractivity contribution in [2.75, 3.05) is 0 Å². The molecule has 1 radical (unpaired) electrons. The zero-order valence-electron chi connectivity index (χ0n) is 8.24. The molecule has 0 aromatic rings. The summed E-state index contributed by atoms with van der Waals surface area (Å²) in [6, 6.07) is 0. The van der Waals surface area contributed by atoms with Gasteiger partial charge >= 0.3 is 0 Å². The van der Waals surface area contributed by atoms with E-state index in [2.05, 4.69) is 30.6 Å². The zero-order chi connectivity index (χ0) is 9.78. The van der Waals surface area contributed by atoms with Crippen LogP contribution < -0.4 is 0 Å². The summed E-state index contributed by atoms with van der Waals surface area (Å²) in [5, 5.41) is 0. The first kappa shape index (κ1) is 11.7. The van der Waals surface area contributed by atoms with Crippen LogP contribution in [0, 0.1) is 36.0 Å². The van der Waals surface area contributed by atoms with Crippen molar-refractivity contribution in [3.8, 4) is 29.6 Å². The lowest BCUT2D eigenvalue weighted by molar-refractivity contribution is 0.641. The van der Waals surface area contributed by atoms with Crippen molar-refractivity contribution in [1.29, 1.82) is 0 Å². The van der Waals surface area contributed by atoms with Crippen LogP contribution in [0.5, 0.6) is 0 Å². The van der Waals surface area contributed by atoms with E-state index in [4.69, 9.17) is 6.42 Å². The van der Waals surface area contributed by atoms with Crippen LogP contribution in [0.15, 0.2) is 0 Å². The standard InChI is InChI=1S/C13H15/c1-3-5-7-9-11-13-12-10-8-6-4-2/h3,5,7,9,11,13H2,1H3. The molecule has 0 unspecified atom stereocenters. The van der Waals surface area contributed by atoms with Gasteiger partial charge in [-0.15, -0.1) is 0 Å². The summed E-state index contributed by atoms with van der Waals surface area (Å²) in [6.45, 7) is 2.21. The van der Waals surface area contributed by atoms with Gasteiger partial charge in [0, 0.05) is 6.42 Å². The van der Waals surface area contributed by atoms with Crippen molar-refractivity contribution >= 4 is 0 Å². The fourth-order valence-electron chi connectivity index (χ4n) is 0.986. The fraction of sp³-hybridized carbons (Fsp3) is 0.538. The van der Waals surface area contributed by atoms with E-state index < -0.39 is 0 Å². The molecule has 0 bridgehead atoms. The lowest BCUT2D eigenvalue weighted by Crippen LogP contribution is -1.75. The molecule has 13 heavy (non-hydrogen) atoms. The molecule has 0 aliphatic heterocycles. The Kier molecular flexibility index (Phi) is 9.60. The highest BCUT2D eigenvalue weighted by Gasteiger charge is 1.85. The third-order valence-electron chi connectivity index (χ3n) is 1.68. The van der Waals surface area contributed by atoms with Gasteiger partial charge in [-0.3, -0.25) is 0 Å². The Hall–Kier alpha value is -1.32. The summed E-state index contributed by atoms with van der Waals surface area (Å²) in [5.41, 5.74) is 0. The summed E-state index contributed by atoms with van der Waals surface area (Å²) >= 11 is 0. The molecule has 0 aliphatic rings. The van der Waals surface area contributed by atoms with Crippen LogP contribution in [0.2, 0.25) is 0 Å². The van der Waals surface area contributed by atoms with E-state index in [0.717, 1.165) is 6.42 Å². The van der Waals surface area contributed by atoms with E-state index in [9.17, 15) is 0 Å². The minimum Gasteiger partial charge on any atom is -0.0891 e. The maximum absolute atomic E-state index is 6.50. The van der Waals surface area contributed by atoms with Crippen molar-refractivity contribution in [1.82, 2.24) is 0 Å². The maximum atomic E-state index is 6.50. The Balaban J connectivity index is 3.24. The first-order valence-corrected chi connectivity index (χ1v) is 4.81. The van der Waals surface area contributed by atoms with Crippen molar-refractivity contribution in [2.45, 2.75) is 45.4 Å². The number of unbranched alkanes of at least 4 members (excludes halogenated alkanes) is 5. The van der Waals surface area contributed by atoms with E-state index in [-0.39, 0.29) is 0 Å². The molecule has 0 nitrogen and oxygen atoms in total. The molecule has 0 saturated heterocycles. The van der Waals surface area contributed by atoms with Gasteiger partial charge in [-0.1, -0.05) is 38.5 Å². The average Bonchev–Trinajstić information content (AvgIpc) is 2.16. The molecule has 0 spiro atoms. The summed E-state index contributed by atoms with van der Waals surface area (Å²) in [7, 11) is 0. The zero-order valence-corrected chi connectivity index (χ0v) is 8.24. The molecule has 67 valence electrons. The Morgan fingerprint density at radius 2 is 1.69 bits per heavy atom. The van der Waals surface area contributed by atoms with Crippen LogP contribution in [-0.4, -0.2) is 0 Å². The van der Waals surface area contributed by atoms with Gasteiger partial charge in [0.15, 0.2) is 0 Å². The molecule has 0 aromatic carbocycles. The second-order valence-corrected chi connectivity index (χ2v) is 2.84. The first-order chi connectivity index (χ1) is 6.41. The molecule has 0 aliphatic carbocycles. The van der Waals surface area contributed by atoms with E-state index in [1.54, 1.807) is 0 Å². The van der Waals surface area contributed by atoms with Gasteiger partial charge in [-0.05, 0) is 36.5 Å². The van der Waals surface area contributed by atoms with Gasteiger partial charge in [0.05, 0.1) is 0 Å². The summed E-state index contributed by atoms with van der Waals surface area (Å²) in [5.74, 6) is 12.5. The van der Waals surface area contributed by atoms with Crippen LogP contribution >= 0.6 is 0 Å². The van der Waals surface area contributed by atoms with Gasteiger partial charge in [-0.2, -0.15) is 0 Å². The predicted octanol–water partition coefficient (Wildman–Crippen LogP) is 2.94. The molecule has 0 heterocycles. The molecule has 0 N–H and O–H groups in total. The molecular weight excluding hydrogens is 156 g/mol. The van der Waals surface area contributed by atoms with E-state index >= 15 is 0 Å². The summed E-state index contributed by atoms with van der Waals surface area (Å²) in [4.78, 5) is 0. The molecule has 0 aromatic heterocycles. The van der Waals surface area contributed by atoms with Crippen molar-refractivity contribution in [3.05, 3.63) is 6.42 Å². The maximum Gasteiger partial charge on any atom is 0.00989 e. The molecule has 0 atom stereocenters. The molecule has 0 amide bonds. The SMILES string of the molecule is [C]#CC#CC#CCCCCCCC. The van der Waals surface area contributed by atoms with Crippen LogP contribution in [-0.2, 0) is 0 Å². The molecular formula is C13H15. The average molecular weight is 171 g/mol. The topological polar surface area (TPSA) is 0 Å². The molecule has 0 rings (SSSR count). The molecule has 0 heteroatoms. The van der Waals surface area contributed by atoms with Gasteiger partial charge in [0.2, 0.25) is 0 Å². The minimum atomic E-state index is 0.927. The highest BCUT2D eigenvalue weighted by atomic mass is 13.9. The Labute approximate surface area is 82.1 Å². The van der Waals surface area contributed by atoms with E-state index in [1.165, 1.54) is 32.1 Å². The number of hydrogen-bond donors (Lipinski definition) is 0. The Morgan fingerprint density at radius 3 is 2.38 bits per heavy atom. The quantitative estimate of drug-likeness (QED) is 0.440. The fourth-order valence-corrected chi connectivity index (χ4v) is 0.986. The van der Waals surface area contributed by atoms with Crippen LogP contribution in [0.4, 0.5) is 0 Å². The third-order valence-corrected chi connectivity index (χ3v) is 1.68. The van der Waals surface area contributed by atoms with Crippen LogP contribution in [0.3, 0.4) is 0 Å². The number of hydrogen-bond acceptors (Lipinski definition) is 0. The lowest BCUT2D eigenvalue weighted by atomic mass is 10.1. The highest BCUT2D eigenvalue weighted by Crippen LogP contribution is 2.03. The smallest absolute Gasteiger partial charge is 0.00989 e. The summed E-state index contributed by atoms with van der Waals surface area (Å²) in [6.07, 6.45) is 13.8. The van der Waals surface area contributed by atoms with Crippen molar-refractivity contribution < 1.29 is 0 Å². The van der Waals surface area contributed by atoms with Gasteiger partial charge < -0.3 is 0 Å². The molecule has 0 saturated carbocycles. The second-order valence-electron chi connectivity index (χ2n) is 2.84. The van der Waals surface area contributed by atoms with Crippen molar-refractivity contribution in [2.24, 2.45) is 0 Å². The normalized spacial score (nSPS) is 7.38. The lowest BCUT2D eigenvalue weighted by Gasteiger charge is -1.93. The summed E-state index contributed by atoms with van der Waals surface area (Å²) < 4.78 is 0. The van der Waals surface area contributed by atoms with Gasteiger partial charge in [-0.25, -0.2) is 0 Å². The Morgan fingerprint density at radius 1 is 0.923 bits per heavy atom. The largest absolute Gasteiger partial charge is 0.0891 e.